The van der Waals surface area contributed by atoms with Gasteiger partial charge in [-0.1, -0.05) is 31.5 Å². The van der Waals surface area contributed by atoms with Crippen LogP contribution in [0.15, 0.2) is 30.3 Å². The maximum absolute atomic E-state index is 13.8. The second-order valence-corrected chi connectivity index (χ2v) is 9.69. The molecular formula is C20H31N2O4P. The van der Waals surface area contributed by atoms with Gasteiger partial charge in [0.1, 0.15) is 0 Å². The van der Waals surface area contributed by atoms with E-state index < -0.39 is 19.5 Å². The Hall–Kier alpha value is -1.20. The van der Waals surface area contributed by atoms with Gasteiger partial charge in [0.2, 0.25) is 0 Å². The summed E-state index contributed by atoms with van der Waals surface area (Å²) >= 11 is 0. The van der Waals surface area contributed by atoms with Crippen LogP contribution in [0.5, 0.6) is 0 Å². The lowest BCUT2D eigenvalue weighted by molar-refractivity contribution is -0.154. The van der Waals surface area contributed by atoms with Crippen LogP contribution in [0.4, 0.5) is 0 Å². The molecule has 2 aliphatic rings. The zero-order valence-corrected chi connectivity index (χ0v) is 17.4. The number of nitrogens with one attached hydrogen (secondary N) is 1. The number of carbonyl (C=O) groups excluding carboxylic acids is 1. The van der Waals surface area contributed by atoms with E-state index in [-0.39, 0.29) is 12.0 Å². The average Bonchev–Trinajstić information content (AvgIpc) is 2.91. The number of ether oxygens (including phenoxy) is 1. The second kappa shape index (κ2) is 8.87. The summed E-state index contributed by atoms with van der Waals surface area (Å²) in [5.74, 6) is -0.686. The van der Waals surface area contributed by atoms with Crippen LogP contribution in [0.2, 0.25) is 0 Å². The standard InChI is InChI=1S/C20H31N2O4P/c1-4-5-13-21-27(24,16-9-7-6-8-10-16)26-18-14-15-11-12-17(22(15)2)19(18)20(23)25-3/h6-10,15,17-19H,4-5,11-14H2,1-3H3,(H,21,24)/t15-,17+,18-,19+,27?/m0/s1. The highest BCUT2D eigenvalue weighted by atomic mass is 31.2. The number of fused-ring (bicyclic) bond motifs is 2. The first-order chi connectivity index (χ1) is 13.0. The van der Waals surface area contributed by atoms with Crippen LogP contribution in [0, 0.1) is 5.92 Å². The van der Waals surface area contributed by atoms with E-state index in [1.807, 2.05) is 30.3 Å². The molecule has 7 heteroatoms. The molecule has 2 bridgehead atoms. The molecule has 0 spiro atoms. The van der Waals surface area contributed by atoms with Crippen molar-refractivity contribution in [2.24, 2.45) is 5.92 Å². The van der Waals surface area contributed by atoms with Gasteiger partial charge in [0, 0.05) is 18.6 Å². The topological polar surface area (TPSA) is 67.9 Å². The van der Waals surface area contributed by atoms with Crippen LogP contribution in [0.25, 0.3) is 0 Å². The minimum absolute atomic E-state index is 0.0843. The molecule has 2 aliphatic heterocycles. The summed E-state index contributed by atoms with van der Waals surface area (Å²) in [5, 5.41) is 3.82. The molecule has 0 aromatic heterocycles. The average molecular weight is 394 g/mol. The monoisotopic (exact) mass is 394 g/mol. The Labute approximate surface area is 162 Å². The molecule has 5 atom stereocenters. The third-order valence-electron chi connectivity index (χ3n) is 5.92. The quantitative estimate of drug-likeness (QED) is 0.415. The fraction of sp³-hybridized carbons (Fsp3) is 0.650. The molecule has 1 aromatic rings. The number of unbranched alkanes of at least 4 members (excludes halogenated alkanes) is 1. The molecule has 1 aromatic carbocycles. The number of hydrogen-bond acceptors (Lipinski definition) is 5. The van der Waals surface area contributed by atoms with Crippen molar-refractivity contribution in [1.82, 2.24) is 9.99 Å². The Morgan fingerprint density at radius 2 is 2.04 bits per heavy atom. The predicted molar refractivity (Wildman–Crippen MR) is 106 cm³/mol. The molecule has 27 heavy (non-hydrogen) atoms. The third kappa shape index (κ3) is 4.29. The Balaban J connectivity index is 1.87. The highest BCUT2D eigenvalue weighted by Crippen LogP contribution is 2.49. The Morgan fingerprint density at radius 1 is 1.30 bits per heavy atom. The van der Waals surface area contributed by atoms with Crippen LogP contribution in [-0.2, 0) is 18.6 Å². The summed E-state index contributed by atoms with van der Waals surface area (Å²) in [5.41, 5.74) is 0. The van der Waals surface area contributed by atoms with Crippen LogP contribution in [0.1, 0.15) is 39.0 Å². The van der Waals surface area contributed by atoms with E-state index in [1.54, 1.807) is 0 Å². The van der Waals surface area contributed by atoms with Gasteiger partial charge in [-0.3, -0.25) is 14.3 Å². The maximum atomic E-state index is 13.8. The summed E-state index contributed by atoms with van der Waals surface area (Å²) < 4.78 is 25.2. The molecule has 1 N–H and O–H groups in total. The Kier molecular flexibility index (Phi) is 6.74. The first-order valence-electron chi connectivity index (χ1n) is 9.89. The van der Waals surface area contributed by atoms with Crippen molar-refractivity contribution in [2.75, 3.05) is 20.7 Å². The highest BCUT2D eigenvalue weighted by molar-refractivity contribution is 7.65. The van der Waals surface area contributed by atoms with Gasteiger partial charge < -0.3 is 9.26 Å². The van der Waals surface area contributed by atoms with Gasteiger partial charge in [0.25, 0.3) is 7.52 Å². The molecule has 0 saturated carbocycles. The number of rotatable bonds is 8. The van der Waals surface area contributed by atoms with Gasteiger partial charge >= 0.3 is 5.97 Å². The molecule has 6 nitrogen and oxygen atoms in total. The molecule has 0 aliphatic carbocycles. The summed E-state index contributed by atoms with van der Waals surface area (Å²) in [4.78, 5) is 14.8. The molecular weight excluding hydrogens is 363 g/mol. The lowest BCUT2D eigenvalue weighted by Gasteiger charge is -2.42. The van der Waals surface area contributed by atoms with E-state index in [0.717, 1.165) is 25.7 Å². The Bertz CT molecular complexity index is 684. The fourth-order valence-corrected chi connectivity index (χ4v) is 6.38. The van der Waals surface area contributed by atoms with Crippen molar-refractivity contribution in [1.29, 1.82) is 0 Å². The number of piperidine rings is 1. The molecule has 2 fully saturated rings. The van der Waals surface area contributed by atoms with Crippen molar-refractivity contribution >= 4 is 18.8 Å². The number of benzene rings is 1. The largest absolute Gasteiger partial charge is 0.469 e. The lowest BCUT2D eigenvalue weighted by atomic mass is 9.88. The molecule has 3 rings (SSSR count). The molecule has 1 unspecified atom stereocenters. The molecule has 2 saturated heterocycles. The number of hydrogen-bond donors (Lipinski definition) is 1. The smallest absolute Gasteiger partial charge is 0.312 e. The van der Waals surface area contributed by atoms with Crippen LogP contribution in [0.3, 0.4) is 0 Å². The van der Waals surface area contributed by atoms with E-state index in [0.29, 0.717) is 24.3 Å². The molecule has 150 valence electrons. The summed E-state index contributed by atoms with van der Waals surface area (Å²) in [6.45, 7) is 2.71. The molecule has 0 amide bonds. The van der Waals surface area contributed by atoms with Crippen LogP contribution < -0.4 is 10.4 Å². The minimum Gasteiger partial charge on any atom is -0.469 e. The van der Waals surface area contributed by atoms with Crippen molar-refractivity contribution in [3.63, 3.8) is 0 Å². The van der Waals surface area contributed by atoms with Gasteiger partial charge in [0.05, 0.1) is 24.4 Å². The summed E-state index contributed by atoms with van der Waals surface area (Å²) in [6, 6.07) is 9.73. The van der Waals surface area contributed by atoms with Gasteiger partial charge in [-0.2, -0.15) is 0 Å². The normalized spacial score (nSPS) is 30.0. The van der Waals surface area contributed by atoms with Crippen LogP contribution in [-0.4, -0.2) is 49.8 Å². The van der Waals surface area contributed by atoms with Gasteiger partial charge in [0.15, 0.2) is 0 Å². The van der Waals surface area contributed by atoms with Gasteiger partial charge in [-0.25, -0.2) is 5.09 Å². The van der Waals surface area contributed by atoms with Crippen molar-refractivity contribution in [2.45, 2.75) is 57.2 Å². The summed E-state index contributed by atoms with van der Waals surface area (Å²) in [7, 11) is 0.195. The first kappa shape index (κ1) is 20.5. The fourth-order valence-electron chi connectivity index (χ4n) is 4.38. The van der Waals surface area contributed by atoms with E-state index in [9.17, 15) is 9.36 Å². The van der Waals surface area contributed by atoms with E-state index in [2.05, 4.69) is 24.0 Å². The van der Waals surface area contributed by atoms with E-state index in [4.69, 9.17) is 9.26 Å². The van der Waals surface area contributed by atoms with Gasteiger partial charge in [-0.05, 0) is 44.9 Å². The zero-order chi connectivity index (χ0) is 19.4. The lowest BCUT2D eigenvalue weighted by Crippen LogP contribution is -2.53. The SMILES string of the molecule is CCCCNP(=O)(O[C@H]1C[C@@H]2CC[C@H]([C@H]1C(=O)OC)N2C)c1ccccc1. The molecule has 2 heterocycles. The number of methoxy groups -OCH3 is 1. The van der Waals surface area contributed by atoms with Crippen molar-refractivity contribution in [3.8, 4) is 0 Å². The number of carbonyl (C=O) groups is 1. The zero-order valence-electron chi connectivity index (χ0n) is 16.5. The molecule has 0 radical (unpaired) electrons. The van der Waals surface area contributed by atoms with Gasteiger partial charge in [-0.15, -0.1) is 0 Å². The second-order valence-electron chi connectivity index (χ2n) is 7.54. The third-order valence-corrected chi connectivity index (χ3v) is 8.10. The summed E-state index contributed by atoms with van der Waals surface area (Å²) in [6.07, 6.45) is 4.18. The first-order valence-corrected chi connectivity index (χ1v) is 11.5. The maximum Gasteiger partial charge on any atom is 0.312 e. The van der Waals surface area contributed by atoms with Crippen LogP contribution >= 0.6 is 7.52 Å². The minimum atomic E-state index is -3.28. The van der Waals surface area contributed by atoms with Crippen molar-refractivity contribution in [3.05, 3.63) is 30.3 Å². The van der Waals surface area contributed by atoms with E-state index in [1.165, 1.54) is 7.11 Å². The number of nitrogens with zero attached hydrogens (tertiary/aromatic N) is 1. The highest BCUT2D eigenvalue weighted by Gasteiger charge is 2.51. The number of esters is 1. The Morgan fingerprint density at radius 3 is 2.70 bits per heavy atom. The predicted octanol–water partition coefficient (Wildman–Crippen LogP) is 2.94. The van der Waals surface area contributed by atoms with Crippen molar-refractivity contribution < 1.29 is 18.6 Å². The van der Waals surface area contributed by atoms with E-state index >= 15 is 0 Å².